The topological polar surface area (TPSA) is 27.7 Å². The van der Waals surface area contributed by atoms with Crippen molar-refractivity contribution in [1.29, 1.82) is 0 Å². The minimum absolute atomic E-state index is 0.0959. The van der Waals surface area contributed by atoms with E-state index in [-0.39, 0.29) is 6.29 Å². The van der Waals surface area contributed by atoms with E-state index in [0.717, 1.165) is 31.2 Å². The zero-order valence-electron chi connectivity index (χ0n) is 22.6. The molecule has 0 fully saturated rings. The van der Waals surface area contributed by atoms with Gasteiger partial charge < -0.3 is 13.3 Å². The van der Waals surface area contributed by atoms with Crippen LogP contribution < -0.4 is 0 Å². The third-order valence-electron chi connectivity index (χ3n) is 5.94. The molecule has 0 radical (unpaired) electrons. The molecule has 0 rings (SSSR count). The van der Waals surface area contributed by atoms with Crippen molar-refractivity contribution in [3.63, 3.8) is 0 Å². The van der Waals surface area contributed by atoms with Crippen LogP contribution in [-0.4, -0.2) is 35.1 Å². The molecule has 6 heteroatoms. The maximum atomic E-state index is 6.75. The molecule has 0 aromatic carbocycles. The Bertz CT molecular complexity index is 409. The van der Waals surface area contributed by atoms with Crippen molar-refractivity contribution in [2.24, 2.45) is 0 Å². The van der Waals surface area contributed by atoms with Crippen molar-refractivity contribution in [3.8, 4) is 0 Å². The molecule has 0 amide bonds. The minimum Gasteiger partial charge on any atom is -0.436 e. The summed E-state index contributed by atoms with van der Waals surface area (Å²) in [6, 6.07) is 1.24. The van der Waals surface area contributed by atoms with Gasteiger partial charge in [-0.2, -0.15) is 0 Å². The Morgan fingerprint density at radius 3 is 1.78 bits per heavy atom. The van der Waals surface area contributed by atoms with E-state index >= 15 is 0 Å². The van der Waals surface area contributed by atoms with Crippen molar-refractivity contribution in [1.82, 2.24) is 0 Å². The molecule has 0 N–H and O–H groups in total. The van der Waals surface area contributed by atoms with Crippen LogP contribution in [-0.2, 0) is 13.3 Å². The monoisotopic (exact) mass is 552 g/mol. The third kappa shape index (κ3) is 21.3. The maximum absolute atomic E-state index is 6.75. The van der Waals surface area contributed by atoms with Gasteiger partial charge in [0.2, 0.25) is 0 Å². The minimum atomic E-state index is -2.21. The normalized spacial score (nSPS) is 13.6. The fourth-order valence-electron chi connectivity index (χ4n) is 4.24. The summed E-state index contributed by atoms with van der Waals surface area (Å²) in [5.74, 6) is 0. The van der Waals surface area contributed by atoms with Crippen molar-refractivity contribution in [3.05, 3.63) is 0 Å². The van der Waals surface area contributed by atoms with E-state index < -0.39 is 16.9 Å². The van der Waals surface area contributed by atoms with Crippen LogP contribution in [0.5, 0.6) is 0 Å². The molecule has 1 unspecified atom stereocenters. The molecular weight excluding hydrogens is 496 g/mol. The average molecular weight is 554 g/mol. The second kappa shape index (κ2) is 21.1. The number of ether oxygens (including phenoxy) is 1. The largest absolute Gasteiger partial charge is 0.436 e. The van der Waals surface area contributed by atoms with Gasteiger partial charge in [-0.1, -0.05) is 107 Å². The van der Waals surface area contributed by atoms with Crippen LogP contribution in [0, 0.1) is 0 Å². The quantitative estimate of drug-likeness (QED) is 0.0515. The predicted octanol–water partition coefficient (Wildman–Crippen LogP) is 9.95. The molecule has 194 valence electrons. The summed E-state index contributed by atoms with van der Waals surface area (Å²) >= 11 is 3.54. The smallest absolute Gasteiger partial charge is 0.323 e. The fraction of sp³-hybridized carbons (Fsp3) is 1.00. The molecule has 32 heavy (non-hydrogen) atoms. The first kappa shape index (κ1) is 32.8. The Labute approximate surface area is 212 Å². The Hall–Kier alpha value is 0.794. The molecule has 1 atom stereocenters. The number of hydrogen-bond acceptors (Lipinski definition) is 3. The summed E-state index contributed by atoms with van der Waals surface area (Å²) < 4.78 is 19.6. The Morgan fingerprint density at radius 1 is 0.656 bits per heavy atom. The number of rotatable bonds is 24. The highest BCUT2D eigenvalue weighted by atomic mass is 79.9. The molecule has 0 aromatic rings. The molecule has 0 spiro atoms. The summed E-state index contributed by atoms with van der Waals surface area (Å²) in [7, 11) is -3.91. The van der Waals surface area contributed by atoms with E-state index in [1.165, 1.54) is 89.5 Å². The molecule has 3 nitrogen and oxygen atoms in total. The first-order valence-corrected chi connectivity index (χ1v) is 20.9. The van der Waals surface area contributed by atoms with Crippen LogP contribution in [0.4, 0.5) is 0 Å². The van der Waals surface area contributed by atoms with E-state index in [1.54, 1.807) is 0 Å². The molecule has 0 bridgehead atoms. The zero-order valence-corrected chi connectivity index (χ0v) is 26.2. The number of halogens is 1. The molecule has 0 saturated carbocycles. The van der Waals surface area contributed by atoms with Crippen molar-refractivity contribution in [2.75, 3.05) is 11.9 Å². The summed E-state index contributed by atoms with van der Waals surface area (Å²) in [5.41, 5.74) is 0. The summed E-state index contributed by atoms with van der Waals surface area (Å²) in [6.07, 6.45) is 20.4. The van der Waals surface area contributed by atoms with Crippen LogP contribution in [0.3, 0.4) is 0 Å². The van der Waals surface area contributed by atoms with Crippen molar-refractivity contribution < 1.29 is 13.3 Å². The van der Waals surface area contributed by atoms with Gasteiger partial charge in [-0.25, -0.2) is 0 Å². The van der Waals surface area contributed by atoms with Gasteiger partial charge in [-0.15, -0.1) is 0 Å². The van der Waals surface area contributed by atoms with Gasteiger partial charge in [-0.05, 0) is 57.9 Å². The molecule has 0 heterocycles. The second-order valence-electron chi connectivity index (χ2n) is 10.5. The lowest BCUT2D eigenvalue weighted by Crippen LogP contribution is -2.48. The number of hydrogen-bond donors (Lipinski definition) is 0. The van der Waals surface area contributed by atoms with Crippen LogP contribution in [0.15, 0.2) is 0 Å². The Kier molecular flexibility index (Phi) is 21.6. The van der Waals surface area contributed by atoms with Crippen molar-refractivity contribution in [2.45, 2.75) is 155 Å². The molecule has 0 aliphatic heterocycles. The number of unbranched alkanes of at least 4 members (excludes halogenated alkanes) is 12. The van der Waals surface area contributed by atoms with Gasteiger partial charge in [-0.3, -0.25) is 0 Å². The van der Waals surface area contributed by atoms with Gasteiger partial charge in [0.15, 0.2) is 8.32 Å². The lowest BCUT2D eigenvalue weighted by Gasteiger charge is -2.36. The van der Waals surface area contributed by atoms with E-state index in [2.05, 4.69) is 56.0 Å². The lowest BCUT2D eigenvalue weighted by molar-refractivity contribution is -0.0998. The Morgan fingerprint density at radius 2 is 1.19 bits per heavy atom. The van der Waals surface area contributed by atoms with Crippen LogP contribution in [0.1, 0.15) is 117 Å². The lowest BCUT2D eigenvalue weighted by atomic mass is 10.1. The standard InChI is InChI=1S/C26H57BrO3Si2/c1-7-9-11-13-15-20-24-28-26(22-18-17-19-23-27)29-32(5,6)30-31(3,4)25-21-16-14-12-10-8-2/h26H,7-25H2,1-6H3. The average Bonchev–Trinajstić information content (AvgIpc) is 2.71. The van der Waals surface area contributed by atoms with Crippen LogP contribution in [0.25, 0.3) is 0 Å². The molecule has 0 aliphatic carbocycles. The van der Waals surface area contributed by atoms with E-state index in [0.29, 0.717) is 0 Å². The van der Waals surface area contributed by atoms with E-state index in [4.69, 9.17) is 13.3 Å². The molecule has 0 saturated heterocycles. The summed E-state index contributed by atoms with van der Waals surface area (Å²) in [5, 5.41) is 1.08. The molecular formula is C26H57BrO3Si2. The highest BCUT2D eigenvalue weighted by molar-refractivity contribution is 9.09. The second-order valence-corrected chi connectivity index (χ2v) is 19.2. The van der Waals surface area contributed by atoms with E-state index in [9.17, 15) is 0 Å². The number of alkyl halides is 1. The molecule has 0 aromatic heterocycles. The van der Waals surface area contributed by atoms with Gasteiger partial charge in [0.1, 0.15) is 6.29 Å². The summed E-state index contributed by atoms with van der Waals surface area (Å²) in [6.45, 7) is 14.6. The van der Waals surface area contributed by atoms with E-state index in [1.807, 2.05) is 0 Å². The van der Waals surface area contributed by atoms with Crippen LogP contribution >= 0.6 is 15.9 Å². The van der Waals surface area contributed by atoms with Gasteiger partial charge in [0.25, 0.3) is 0 Å². The van der Waals surface area contributed by atoms with Gasteiger partial charge in [0, 0.05) is 11.9 Å². The Balaban J connectivity index is 4.45. The predicted molar refractivity (Wildman–Crippen MR) is 151 cm³/mol. The van der Waals surface area contributed by atoms with Crippen LogP contribution in [0.2, 0.25) is 32.2 Å². The molecule has 0 aliphatic rings. The first-order chi connectivity index (χ1) is 15.3. The van der Waals surface area contributed by atoms with Gasteiger partial charge in [0.05, 0.1) is 0 Å². The maximum Gasteiger partial charge on any atom is 0.323 e. The van der Waals surface area contributed by atoms with Crippen molar-refractivity contribution >= 4 is 32.8 Å². The highest BCUT2D eigenvalue weighted by Gasteiger charge is 2.36. The summed E-state index contributed by atoms with van der Waals surface area (Å²) in [4.78, 5) is 0. The zero-order chi connectivity index (χ0) is 24.1. The SMILES string of the molecule is CCCCCCCCOC(CCCCCBr)O[Si](C)(C)O[Si](C)(C)CCCCCCCC. The third-order valence-corrected chi connectivity index (χ3v) is 13.1. The fourth-order valence-corrected chi connectivity index (χ4v) is 12.5. The van der Waals surface area contributed by atoms with Gasteiger partial charge >= 0.3 is 8.56 Å². The highest BCUT2D eigenvalue weighted by Crippen LogP contribution is 2.25. The first-order valence-electron chi connectivity index (χ1n) is 13.8.